The lowest BCUT2D eigenvalue weighted by Gasteiger charge is -2.04. The van der Waals surface area contributed by atoms with Crippen LogP contribution in [0.5, 0.6) is 0 Å². The summed E-state index contributed by atoms with van der Waals surface area (Å²) in [5, 5.41) is 8.87. The van der Waals surface area contributed by atoms with Crippen LogP contribution in [0.1, 0.15) is 16.1 Å². The lowest BCUT2D eigenvalue weighted by atomic mass is 10.3. The molecule has 0 saturated carbocycles. The molecule has 2 aromatic rings. The SMILES string of the molecule is O=C(O)c1cc(Br)n(Cc2ccc(Br)cn2)c1. The van der Waals surface area contributed by atoms with E-state index in [9.17, 15) is 4.79 Å². The Labute approximate surface area is 115 Å². The summed E-state index contributed by atoms with van der Waals surface area (Å²) < 4.78 is 3.43. The molecule has 17 heavy (non-hydrogen) atoms. The van der Waals surface area contributed by atoms with Crippen LogP contribution in [-0.2, 0) is 6.54 Å². The van der Waals surface area contributed by atoms with Gasteiger partial charge in [-0.2, -0.15) is 0 Å². The molecule has 0 saturated heterocycles. The number of pyridine rings is 1. The second kappa shape index (κ2) is 5.01. The van der Waals surface area contributed by atoms with Crippen LogP contribution in [0.15, 0.2) is 39.7 Å². The van der Waals surface area contributed by atoms with E-state index >= 15 is 0 Å². The van der Waals surface area contributed by atoms with E-state index in [1.165, 1.54) is 0 Å². The zero-order valence-corrected chi connectivity index (χ0v) is 11.8. The van der Waals surface area contributed by atoms with Crippen molar-refractivity contribution in [3.05, 3.63) is 50.9 Å². The lowest BCUT2D eigenvalue weighted by Crippen LogP contribution is -2.01. The monoisotopic (exact) mass is 358 g/mol. The number of carbonyl (C=O) groups is 1. The third-order valence-corrected chi connectivity index (χ3v) is 3.37. The molecule has 0 bridgehead atoms. The van der Waals surface area contributed by atoms with Gasteiger partial charge in [-0.15, -0.1) is 0 Å². The van der Waals surface area contributed by atoms with E-state index < -0.39 is 5.97 Å². The van der Waals surface area contributed by atoms with Gasteiger partial charge in [0, 0.05) is 16.9 Å². The van der Waals surface area contributed by atoms with E-state index in [4.69, 9.17) is 5.11 Å². The summed E-state index contributed by atoms with van der Waals surface area (Å²) in [6.07, 6.45) is 3.29. The quantitative estimate of drug-likeness (QED) is 0.915. The first-order chi connectivity index (χ1) is 8.06. The molecule has 2 rings (SSSR count). The molecule has 2 aromatic heterocycles. The highest BCUT2D eigenvalue weighted by atomic mass is 79.9. The standard InChI is InChI=1S/C11H8Br2N2O2/c12-8-1-2-9(14-4-8)6-15-5-7(11(16)17)3-10(15)13/h1-5H,6H2,(H,16,17). The van der Waals surface area contributed by atoms with Crippen LogP contribution in [0.2, 0.25) is 0 Å². The van der Waals surface area contributed by atoms with Gasteiger partial charge in [0.25, 0.3) is 0 Å². The van der Waals surface area contributed by atoms with E-state index in [0.29, 0.717) is 6.54 Å². The van der Waals surface area contributed by atoms with E-state index in [0.717, 1.165) is 14.8 Å². The third kappa shape index (κ3) is 2.95. The Bertz CT molecular complexity index is 549. The topological polar surface area (TPSA) is 55.1 Å². The lowest BCUT2D eigenvalue weighted by molar-refractivity contribution is 0.0697. The van der Waals surface area contributed by atoms with Crippen molar-refractivity contribution in [1.82, 2.24) is 9.55 Å². The Morgan fingerprint density at radius 1 is 1.41 bits per heavy atom. The fourth-order valence-corrected chi connectivity index (χ4v) is 2.10. The van der Waals surface area contributed by atoms with Crippen molar-refractivity contribution in [3.63, 3.8) is 0 Å². The largest absolute Gasteiger partial charge is 0.478 e. The highest BCUT2D eigenvalue weighted by Crippen LogP contribution is 2.17. The van der Waals surface area contributed by atoms with Crippen LogP contribution in [0.3, 0.4) is 0 Å². The number of nitrogens with zero attached hydrogens (tertiary/aromatic N) is 2. The molecule has 0 atom stereocenters. The van der Waals surface area contributed by atoms with E-state index in [-0.39, 0.29) is 5.56 Å². The number of carboxylic acid groups (broad SMARTS) is 1. The maximum Gasteiger partial charge on any atom is 0.337 e. The van der Waals surface area contributed by atoms with Gasteiger partial charge < -0.3 is 9.67 Å². The van der Waals surface area contributed by atoms with Crippen molar-refractivity contribution in [3.8, 4) is 0 Å². The molecular weight excluding hydrogens is 352 g/mol. The first kappa shape index (κ1) is 12.3. The molecule has 0 spiro atoms. The van der Waals surface area contributed by atoms with Crippen molar-refractivity contribution in [2.45, 2.75) is 6.54 Å². The minimum atomic E-state index is -0.937. The number of hydrogen-bond acceptors (Lipinski definition) is 2. The second-order valence-corrected chi connectivity index (χ2v) is 5.18. The van der Waals surface area contributed by atoms with Gasteiger partial charge in [-0.25, -0.2) is 4.79 Å². The van der Waals surface area contributed by atoms with Crippen molar-refractivity contribution >= 4 is 37.8 Å². The summed E-state index contributed by atoms with van der Waals surface area (Å²) in [6.45, 7) is 0.529. The molecule has 88 valence electrons. The Balaban J connectivity index is 2.24. The average Bonchev–Trinajstić information content (AvgIpc) is 2.64. The van der Waals surface area contributed by atoms with Gasteiger partial charge in [0.1, 0.15) is 0 Å². The van der Waals surface area contributed by atoms with Crippen molar-refractivity contribution in [2.75, 3.05) is 0 Å². The van der Waals surface area contributed by atoms with Crippen LogP contribution in [0.4, 0.5) is 0 Å². The summed E-state index contributed by atoms with van der Waals surface area (Å²) in [6, 6.07) is 5.36. The maximum atomic E-state index is 10.8. The normalized spacial score (nSPS) is 10.5. The minimum Gasteiger partial charge on any atom is -0.478 e. The number of rotatable bonds is 3. The zero-order chi connectivity index (χ0) is 12.4. The van der Waals surface area contributed by atoms with Crippen LogP contribution in [-0.4, -0.2) is 20.6 Å². The molecule has 0 aliphatic carbocycles. The van der Waals surface area contributed by atoms with Crippen molar-refractivity contribution in [1.29, 1.82) is 0 Å². The van der Waals surface area contributed by atoms with Gasteiger partial charge >= 0.3 is 5.97 Å². The summed E-state index contributed by atoms with van der Waals surface area (Å²) in [5.74, 6) is -0.937. The van der Waals surface area contributed by atoms with Gasteiger partial charge in [-0.1, -0.05) is 0 Å². The molecule has 0 aliphatic rings. The zero-order valence-electron chi connectivity index (χ0n) is 8.60. The predicted molar refractivity (Wildman–Crippen MR) is 70.1 cm³/mol. The van der Waals surface area contributed by atoms with Crippen LogP contribution in [0, 0.1) is 0 Å². The molecule has 0 fully saturated rings. The molecule has 0 aromatic carbocycles. The third-order valence-electron chi connectivity index (χ3n) is 2.21. The fraction of sp³-hybridized carbons (Fsp3) is 0.0909. The van der Waals surface area contributed by atoms with Crippen LogP contribution < -0.4 is 0 Å². The molecular formula is C11H8Br2N2O2. The number of carboxylic acids is 1. The molecule has 0 radical (unpaired) electrons. The summed E-state index contributed by atoms with van der Waals surface area (Å²) in [5.41, 5.74) is 1.12. The average molecular weight is 360 g/mol. The number of aromatic carboxylic acids is 1. The van der Waals surface area contributed by atoms with Gasteiger partial charge in [0.15, 0.2) is 0 Å². The molecule has 2 heterocycles. The number of hydrogen-bond donors (Lipinski definition) is 1. The number of aromatic nitrogens is 2. The van der Waals surface area contributed by atoms with E-state index in [1.54, 1.807) is 23.0 Å². The molecule has 0 aliphatic heterocycles. The Kier molecular flexibility index (Phi) is 3.63. The first-order valence-corrected chi connectivity index (χ1v) is 6.34. The minimum absolute atomic E-state index is 0.258. The Morgan fingerprint density at radius 2 is 2.18 bits per heavy atom. The smallest absolute Gasteiger partial charge is 0.337 e. The van der Waals surface area contributed by atoms with Crippen molar-refractivity contribution in [2.24, 2.45) is 0 Å². The molecule has 6 heteroatoms. The highest BCUT2D eigenvalue weighted by Gasteiger charge is 2.09. The molecule has 1 N–H and O–H groups in total. The van der Waals surface area contributed by atoms with Crippen molar-refractivity contribution < 1.29 is 9.90 Å². The van der Waals surface area contributed by atoms with E-state index in [1.807, 2.05) is 12.1 Å². The maximum absolute atomic E-state index is 10.8. The second-order valence-electron chi connectivity index (χ2n) is 3.45. The molecule has 0 amide bonds. The summed E-state index contributed by atoms with van der Waals surface area (Å²) in [4.78, 5) is 15.0. The van der Waals surface area contributed by atoms with Gasteiger partial charge in [-0.05, 0) is 50.1 Å². The molecule has 4 nitrogen and oxygen atoms in total. The summed E-state index contributed by atoms with van der Waals surface area (Å²) >= 11 is 6.63. The van der Waals surface area contributed by atoms with Crippen LogP contribution in [0.25, 0.3) is 0 Å². The predicted octanol–water partition coefficient (Wildman–Crippen LogP) is 3.15. The number of halogens is 2. The Morgan fingerprint density at radius 3 is 2.71 bits per heavy atom. The highest BCUT2D eigenvalue weighted by molar-refractivity contribution is 9.10. The first-order valence-electron chi connectivity index (χ1n) is 4.75. The van der Waals surface area contributed by atoms with E-state index in [2.05, 4.69) is 36.8 Å². The van der Waals surface area contributed by atoms with Gasteiger partial charge in [0.2, 0.25) is 0 Å². The molecule has 0 unspecified atom stereocenters. The van der Waals surface area contributed by atoms with Gasteiger partial charge in [0.05, 0.1) is 22.4 Å². The van der Waals surface area contributed by atoms with Crippen LogP contribution >= 0.6 is 31.9 Å². The summed E-state index contributed by atoms with van der Waals surface area (Å²) in [7, 11) is 0. The Hall–Kier alpha value is -1.14. The van der Waals surface area contributed by atoms with Gasteiger partial charge in [-0.3, -0.25) is 4.98 Å². The fourth-order valence-electron chi connectivity index (χ4n) is 1.39.